The molecule has 0 aromatic rings. The van der Waals surface area contributed by atoms with Crippen LogP contribution in [0.2, 0.25) is 0 Å². The van der Waals surface area contributed by atoms with Crippen LogP contribution in [0.1, 0.15) is 51.4 Å². The van der Waals surface area contributed by atoms with E-state index in [4.69, 9.17) is 5.11 Å². The Morgan fingerprint density at radius 3 is 2.44 bits per heavy atom. The fourth-order valence-corrected chi connectivity index (χ4v) is 3.02. The van der Waals surface area contributed by atoms with Gasteiger partial charge in [-0.2, -0.15) is 5.26 Å². The molecule has 0 radical (unpaired) electrons. The highest BCUT2D eigenvalue weighted by Gasteiger charge is 2.45. The molecule has 4 nitrogen and oxygen atoms in total. The van der Waals surface area contributed by atoms with Crippen molar-refractivity contribution in [3.63, 3.8) is 0 Å². The highest BCUT2D eigenvalue weighted by atomic mass is 16.3. The van der Waals surface area contributed by atoms with Crippen LogP contribution in [0.25, 0.3) is 0 Å². The Morgan fingerprint density at radius 2 is 2.00 bits per heavy atom. The van der Waals surface area contributed by atoms with Crippen LogP contribution < -0.4 is 0 Å². The first-order valence-corrected chi connectivity index (χ1v) is 7.07. The number of hydrogen-bond acceptors (Lipinski definition) is 3. The molecule has 0 unspecified atom stereocenters. The number of carbonyl (C=O) groups is 1. The SMILES string of the molecule is N#CC1(C(=O)N(CCCO)C2CCC2)CCCC1. The lowest BCUT2D eigenvalue weighted by Gasteiger charge is -2.40. The minimum Gasteiger partial charge on any atom is -0.396 e. The molecule has 2 rings (SSSR count). The van der Waals surface area contributed by atoms with Crippen molar-refractivity contribution >= 4 is 5.91 Å². The van der Waals surface area contributed by atoms with E-state index < -0.39 is 5.41 Å². The second kappa shape index (κ2) is 5.71. The largest absolute Gasteiger partial charge is 0.396 e. The highest BCUT2D eigenvalue weighted by Crippen LogP contribution is 2.41. The molecular weight excluding hydrogens is 228 g/mol. The lowest BCUT2D eigenvalue weighted by molar-refractivity contribution is -0.143. The highest BCUT2D eigenvalue weighted by molar-refractivity contribution is 5.86. The zero-order chi connectivity index (χ0) is 13.0. The van der Waals surface area contributed by atoms with Gasteiger partial charge in [0.25, 0.3) is 0 Å². The Kier molecular flexibility index (Phi) is 4.23. The predicted octanol–water partition coefficient (Wildman–Crippen LogP) is 1.83. The van der Waals surface area contributed by atoms with Crippen molar-refractivity contribution < 1.29 is 9.90 Å². The second-order valence-electron chi connectivity index (χ2n) is 5.56. The molecule has 1 N–H and O–H groups in total. The molecule has 0 atom stereocenters. The van der Waals surface area contributed by atoms with E-state index in [-0.39, 0.29) is 12.5 Å². The number of aliphatic hydroxyl groups is 1. The maximum atomic E-state index is 12.7. The van der Waals surface area contributed by atoms with Gasteiger partial charge in [-0.05, 0) is 38.5 Å². The summed E-state index contributed by atoms with van der Waals surface area (Å²) >= 11 is 0. The predicted molar refractivity (Wildman–Crippen MR) is 67.6 cm³/mol. The summed E-state index contributed by atoms with van der Waals surface area (Å²) in [6.45, 7) is 0.708. The average molecular weight is 250 g/mol. The van der Waals surface area contributed by atoms with Gasteiger partial charge in [0.2, 0.25) is 5.91 Å². The third kappa shape index (κ3) is 2.37. The molecule has 0 saturated heterocycles. The maximum absolute atomic E-state index is 12.7. The van der Waals surface area contributed by atoms with Gasteiger partial charge in [-0.1, -0.05) is 12.8 Å². The van der Waals surface area contributed by atoms with Crippen molar-refractivity contribution in [1.82, 2.24) is 4.90 Å². The zero-order valence-corrected chi connectivity index (χ0v) is 10.9. The molecule has 0 aromatic heterocycles. The van der Waals surface area contributed by atoms with Gasteiger partial charge in [0.1, 0.15) is 5.41 Å². The molecule has 1 amide bonds. The summed E-state index contributed by atoms with van der Waals surface area (Å²) < 4.78 is 0. The number of rotatable bonds is 5. The normalized spacial score (nSPS) is 22.2. The van der Waals surface area contributed by atoms with E-state index in [0.29, 0.717) is 31.8 Å². The molecule has 0 aliphatic heterocycles. The molecule has 0 spiro atoms. The van der Waals surface area contributed by atoms with Gasteiger partial charge >= 0.3 is 0 Å². The third-order valence-electron chi connectivity index (χ3n) is 4.41. The van der Waals surface area contributed by atoms with Gasteiger partial charge in [-0.15, -0.1) is 0 Å². The molecule has 2 aliphatic rings. The van der Waals surface area contributed by atoms with E-state index in [0.717, 1.165) is 25.7 Å². The Labute approximate surface area is 109 Å². The van der Waals surface area contributed by atoms with E-state index in [1.54, 1.807) is 0 Å². The van der Waals surface area contributed by atoms with Crippen molar-refractivity contribution in [2.24, 2.45) is 5.41 Å². The summed E-state index contributed by atoms with van der Waals surface area (Å²) in [5, 5.41) is 18.3. The summed E-state index contributed by atoms with van der Waals surface area (Å²) in [5.74, 6) is 0.0284. The lowest BCUT2D eigenvalue weighted by Crippen LogP contribution is -2.50. The topological polar surface area (TPSA) is 64.3 Å². The van der Waals surface area contributed by atoms with Crippen LogP contribution in [0.15, 0.2) is 0 Å². The van der Waals surface area contributed by atoms with Gasteiger partial charge in [0.05, 0.1) is 6.07 Å². The van der Waals surface area contributed by atoms with Crippen molar-refractivity contribution in [3.8, 4) is 6.07 Å². The molecule has 18 heavy (non-hydrogen) atoms. The first-order chi connectivity index (χ1) is 8.73. The Bertz CT molecular complexity index is 338. The van der Waals surface area contributed by atoms with E-state index in [9.17, 15) is 10.1 Å². The Morgan fingerprint density at radius 1 is 1.33 bits per heavy atom. The monoisotopic (exact) mass is 250 g/mol. The Hall–Kier alpha value is -1.08. The van der Waals surface area contributed by atoms with Crippen LogP contribution >= 0.6 is 0 Å². The molecule has 100 valence electrons. The minimum absolute atomic E-state index is 0.0284. The molecule has 0 bridgehead atoms. The van der Waals surface area contributed by atoms with Gasteiger partial charge in [0.15, 0.2) is 0 Å². The molecule has 2 aliphatic carbocycles. The first kappa shape index (κ1) is 13.4. The number of carbonyl (C=O) groups excluding carboxylic acids is 1. The maximum Gasteiger partial charge on any atom is 0.243 e. The second-order valence-corrected chi connectivity index (χ2v) is 5.56. The van der Waals surface area contributed by atoms with E-state index in [1.165, 1.54) is 6.42 Å². The van der Waals surface area contributed by atoms with Crippen LogP contribution in [0.5, 0.6) is 0 Å². The van der Waals surface area contributed by atoms with Crippen LogP contribution in [0.4, 0.5) is 0 Å². The van der Waals surface area contributed by atoms with Crippen LogP contribution in [0.3, 0.4) is 0 Å². The fourth-order valence-electron chi connectivity index (χ4n) is 3.02. The standard InChI is InChI=1S/C14H22N2O2/c15-11-14(7-1-2-8-14)13(18)16(9-4-10-17)12-5-3-6-12/h12,17H,1-10H2. The molecule has 0 aromatic carbocycles. The lowest BCUT2D eigenvalue weighted by atomic mass is 9.83. The summed E-state index contributed by atoms with van der Waals surface area (Å²) in [4.78, 5) is 14.5. The van der Waals surface area contributed by atoms with Gasteiger partial charge in [0, 0.05) is 19.2 Å². The molecule has 0 heterocycles. The summed E-state index contributed by atoms with van der Waals surface area (Å²) in [7, 11) is 0. The molecular formula is C14H22N2O2. The van der Waals surface area contributed by atoms with Crippen molar-refractivity contribution in [3.05, 3.63) is 0 Å². The summed E-state index contributed by atoms with van der Waals surface area (Å²) in [6, 6.07) is 2.60. The van der Waals surface area contributed by atoms with Crippen LogP contribution in [-0.2, 0) is 4.79 Å². The first-order valence-electron chi connectivity index (χ1n) is 7.07. The molecule has 4 heteroatoms. The van der Waals surface area contributed by atoms with Crippen molar-refractivity contribution in [2.45, 2.75) is 57.4 Å². The van der Waals surface area contributed by atoms with Gasteiger partial charge in [-0.25, -0.2) is 0 Å². The molecule has 2 saturated carbocycles. The van der Waals surface area contributed by atoms with Gasteiger partial charge in [-0.3, -0.25) is 4.79 Å². The summed E-state index contributed by atoms with van der Waals surface area (Å²) in [6.07, 6.45) is 7.29. The van der Waals surface area contributed by atoms with Crippen molar-refractivity contribution in [1.29, 1.82) is 5.26 Å². The fraction of sp³-hybridized carbons (Fsp3) is 0.857. The van der Waals surface area contributed by atoms with Crippen LogP contribution in [0, 0.1) is 16.7 Å². The molecule has 2 fully saturated rings. The zero-order valence-electron chi connectivity index (χ0n) is 10.9. The average Bonchev–Trinajstić information content (AvgIpc) is 2.81. The number of nitrogens with zero attached hydrogens (tertiary/aromatic N) is 2. The smallest absolute Gasteiger partial charge is 0.243 e. The quantitative estimate of drug-likeness (QED) is 0.809. The van der Waals surface area contributed by atoms with Crippen LogP contribution in [-0.4, -0.2) is 35.1 Å². The van der Waals surface area contributed by atoms with Gasteiger partial charge < -0.3 is 10.0 Å². The van der Waals surface area contributed by atoms with E-state index in [2.05, 4.69) is 6.07 Å². The van der Waals surface area contributed by atoms with E-state index >= 15 is 0 Å². The Balaban J connectivity index is 2.08. The number of nitriles is 1. The number of aliphatic hydroxyl groups excluding tert-OH is 1. The van der Waals surface area contributed by atoms with E-state index in [1.807, 2.05) is 4.90 Å². The number of amides is 1. The van der Waals surface area contributed by atoms with Crippen molar-refractivity contribution in [2.75, 3.05) is 13.2 Å². The third-order valence-corrected chi connectivity index (χ3v) is 4.41. The number of hydrogen-bond donors (Lipinski definition) is 1. The summed E-state index contributed by atoms with van der Waals surface area (Å²) in [5.41, 5.74) is -0.759. The minimum atomic E-state index is -0.759.